The van der Waals surface area contributed by atoms with Crippen LogP contribution in [0.15, 0.2) is 23.5 Å². The molecule has 2 heterocycles. The Hall–Kier alpha value is -1.89. The van der Waals surface area contributed by atoms with Crippen molar-refractivity contribution >= 4 is 0 Å². The fourth-order valence-corrected chi connectivity index (χ4v) is 3.54. The topological polar surface area (TPSA) is 69.7 Å². The van der Waals surface area contributed by atoms with Gasteiger partial charge in [-0.1, -0.05) is 12.8 Å². The van der Waals surface area contributed by atoms with Crippen molar-refractivity contribution in [1.82, 2.24) is 29.2 Å². The molecule has 2 atom stereocenters. The maximum absolute atomic E-state index is 11.9. The maximum atomic E-state index is 11.9. The number of hydrogen-bond acceptors (Lipinski definition) is 4. The fraction of sp³-hybridized carbons (Fsp3) is 0.688. The van der Waals surface area contributed by atoms with Crippen molar-refractivity contribution in [1.29, 1.82) is 0 Å². The molecule has 0 amide bonds. The van der Waals surface area contributed by atoms with Crippen molar-refractivity contribution < 1.29 is 0 Å². The van der Waals surface area contributed by atoms with Crippen LogP contribution in [0, 0.1) is 5.92 Å². The zero-order valence-corrected chi connectivity index (χ0v) is 14.0. The van der Waals surface area contributed by atoms with Crippen LogP contribution in [-0.4, -0.2) is 36.5 Å². The van der Waals surface area contributed by atoms with Gasteiger partial charge in [0.05, 0.1) is 6.33 Å². The maximum Gasteiger partial charge on any atom is 0.345 e. The highest BCUT2D eigenvalue weighted by Crippen LogP contribution is 2.26. The zero-order chi connectivity index (χ0) is 16.2. The molecule has 0 bridgehead atoms. The van der Waals surface area contributed by atoms with Gasteiger partial charge in [0.25, 0.3) is 0 Å². The Labute approximate surface area is 136 Å². The second-order valence-electron chi connectivity index (χ2n) is 6.49. The summed E-state index contributed by atoms with van der Waals surface area (Å²) in [4.78, 5) is 15.9. The second-order valence-corrected chi connectivity index (χ2v) is 6.49. The van der Waals surface area contributed by atoms with Crippen molar-refractivity contribution in [2.75, 3.05) is 6.54 Å². The van der Waals surface area contributed by atoms with E-state index in [0.717, 1.165) is 25.3 Å². The van der Waals surface area contributed by atoms with Gasteiger partial charge in [0.1, 0.15) is 5.82 Å². The van der Waals surface area contributed by atoms with Crippen molar-refractivity contribution in [3.05, 3.63) is 35.0 Å². The Morgan fingerprint density at radius 1 is 1.30 bits per heavy atom. The van der Waals surface area contributed by atoms with Gasteiger partial charge in [-0.15, -0.1) is 0 Å². The summed E-state index contributed by atoms with van der Waals surface area (Å²) in [6.07, 6.45) is 11.5. The molecule has 7 nitrogen and oxygen atoms in total. The van der Waals surface area contributed by atoms with Crippen LogP contribution in [0.2, 0.25) is 0 Å². The highest BCUT2D eigenvalue weighted by atomic mass is 16.2. The molecule has 2 aromatic heterocycles. The molecule has 0 unspecified atom stereocenters. The predicted molar refractivity (Wildman–Crippen MR) is 88.1 cm³/mol. The molecule has 1 fully saturated rings. The number of rotatable bonds is 6. The van der Waals surface area contributed by atoms with E-state index in [1.807, 2.05) is 25.8 Å². The van der Waals surface area contributed by atoms with Crippen molar-refractivity contribution in [2.45, 2.75) is 44.7 Å². The Kier molecular flexibility index (Phi) is 4.95. The minimum absolute atomic E-state index is 0.0413. The van der Waals surface area contributed by atoms with Gasteiger partial charge in [-0.3, -0.25) is 4.57 Å². The van der Waals surface area contributed by atoms with E-state index >= 15 is 0 Å². The van der Waals surface area contributed by atoms with Crippen LogP contribution < -0.4 is 11.0 Å². The number of nitrogens with one attached hydrogen (secondary N) is 1. The van der Waals surface area contributed by atoms with Gasteiger partial charge >= 0.3 is 5.69 Å². The number of aryl methyl sites for hydroxylation is 1. The van der Waals surface area contributed by atoms with Crippen LogP contribution >= 0.6 is 0 Å². The first kappa shape index (κ1) is 16.0. The second kappa shape index (κ2) is 7.12. The van der Waals surface area contributed by atoms with Crippen LogP contribution in [0.4, 0.5) is 0 Å². The van der Waals surface area contributed by atoms with Gasteiger partial charge in [-0.2, -0.15) is 5.10 Å². The van der Waals surface area contributed by atoms with Crippen LogP contribution in [0.1, 0.15) is 31.5 Å². The highest BCUT2D eigenvalue weighted by molar-refractivity contribution is 4.93. The SMILES string of the molecule is Cn1nc(C[C@H]2CCCC[C@H]2NCCn2ccnc2)n(C)c1=O. The standard InChI is InChI=1S/C16H26N6O/c1-20-15(19-21(2)16(20)23)11-13-5-3-4-6-14(13)18-8-10-22-9-7-17-12-22/h7,9,12-14,18H,3-6,8,10-11H2,1-2H3/t13-,14-/m1/s1. The molecule has 0 saturated heterocycles. The Bertz CT molecular complexity index is 671. The van der Waals surface area contributed by atoms with E-state index < -0.39 is 0 Å². The lowest BCUT2D eigenvalue weighted by Crippen LogP contribution is -2.41. The first-order chi connectivity index (χ1) is 11.1. The van der Waals surface area contributed by atoms with E-state index in [0.29, 0.717) is 12.0 Å². The summed E-state index contributed by atoms with van der Waals surface area (Å²) in [5.74, 6) is 1.44. The normalized spacial score (nSPS) is 21.7. The third kappa shape index (κ3) is 3.72. The lowest BCUT2D eigenvalue weighted by molar-refractivity contribution is 0.254. The van der Waals surface area contributed by atoms with E-state index in [9.17, 15) is 4.79 Å². The molecule has 0 spiro atoms. The summed E-state index contributed by atoms with van der Waals surface area (Å²) >= 11 is 0. The molecule has 1 aliphatic carbocycles. The highest BCUT2D eigenvalue weighted by Gasteiger charge is 2.26. The fourth-order valence-electron chi connectivity index (χ4n) is 3.54. The Balaban J connectivity index is 1.59. The number of nitrogens with zero attached hydrogens (tertiary/aromatic N) is 5. The Morgan fingerprint density at radius 3 is 2.83 bits per heavy atom. The molecule has 3 rings (SSSR count). The van der Waals surface area contributed by atoms with E-state index in [-0.39, 0.29) is 5.69 Å². The average molecular weight is 318 g/mol. The predicted octanol–water partition coefficient (Wildman–Crippen LogP) is 0.706. The summed E-state index contributed by atoms with van der Waals surface area (Å²) in [6.45, 7) is 1.88. The van der Waals surface area contributed by atoms with E-state index in [1.165, 1.54) is 30.4 Å². The van der Waals surface area contributed by atoms with Crippen molar-refractivity contribution in [3.63, 3.8) is 0 Å². The molecule has 0 radical (unpaired) electrons. The van der Waals surface area contributed by atoms with Crippen LogP contribution in [0.25, 0.3) is 0 Å². The molecule has 126 valence electrons. The van der Waals surface area contributed by atoms with Crippen molar-refractivity contribution in [3.8, 4) is 0 Å². The summed E-state index contributed by atoms with van der Waals surface area (Å²) in [5.41, 5.74) is -0.0413. The summed E-state index contributed by atoms with van der Waals surface area (Å²) in [7, 11) is 3.53. The summed E-state index contributed by atoms with van der Waals surface area (Å²) in [5, 5.41) is 8.09. The number of aromatic nitrogens is 5. The van der Waals surface area contributed by atoms with Gasteiger partial charge in [-0.05, 0) is 18.8 Å². The molecular weight excluding hydrogens is 292 g/mol. The largest absolute Gasteiger partial charge is 0.345 e. The van der Waals surface area contributed by atoms with Gasteiger partial charge in [0.2, 0.25) is 0 Å². The van der Waals surface area contributed by atoms with E-state index in [1.54, 1.807) is 11.6 Å². The molecule has 0 aromatic carbocycles. The van der Waals surface area contributed by atoms with Crippen molar-refractivity contribution in [2.24, 2.45) is 20.0 Å². The van der Waals surface area contributed by atoms with Crippen LogP contribution in [0.3, 0.4) is 0 Å². The molecule has 1 saturated carbocycles. The lowest BCUT2D eigenvalue weighted by atomic mass is 9.82. The Morgan fingerprint density at radius 2 is 2.13 bits per heavy atom. The quantitative estimate of drug-likeness (QED) is 0.851. The molecule has 7 heteroatoms. The third-order valence-electron chi connectivity index (χ3n) is 4.91. The van der Waals surface area contributed by atoms with E-state index in [2.05, 4.69) is 20.0 Å². The van der Waals surface area contributed by atoms with Gasteiger partial charge in [-0.25, -0.2) is 14.5 Å². The van der Waals surface area contributed by atoms with Gasteiger partial charge in [0.15, 0.2) is 0 Å². The minimum atomic E-state index is -0.0413. The number of imidazole rings is 1. The number of hydrogen-bond donors (Lipinski definition) is 1. The monoisotopic (exact) mass is 318 g/mol. The summed E-state index contributed by atoms with van der Waals surface area (Å²) in [6, 6.07) is 0.504. The van der Waals surface area contributed by atoms with Gasteiger partial charge in [0, 0.05) is 52.0 Å². The average Bonchev–Trinajstić information content (AvgIpc) is 3.14. The lowest BCUT2D eigenvalue weighted by Gasteiger charge is -2.32. The molecular formula is C16H26N6O. The molecule has 0 aliphatic heterocycles. The van der Waals surface area contributed by atoms with Crippen LogP contribution in [-0.2, 0) is 27.1 Å². The first-order valence-electron chi connectivity index (χ1n) is 8.43. The van der Waals surface area contributed by atoms with E-state index in [4.69, 9.17) is 0 Å². The molecule has 2 aromatic rings. The molecule has 1 aliphatic rings. The van der Waals surface area contributed by atoms with Crippen LogP contribution in [0.5, 0.6) is 0 Å². The first-order valence-corrected chi connectivity index (χ1v) is 8.43. The molecule has 23 heavy (non-hydrogen) atoms. The smallest absolute Gasteiger partial charge is 0.336 e. The third-order valence-corrected chi connectivity index (χ3v) is 4.91. The minimum Gasteiger partial charge on any atom is -0.336 e. The summed E-state index contributed by atoms with van der Waals surface area (Å²) < 4.78 is 5.20. The molecule has 1 N–H and O–H groups in total. The zero-order valence-electron chi connectivity index (χ0n) is 14.0. The van der Waals surface area contributed by atoms with Gasteiger partial charge < -0.3 is 9.88 Å².